The third kappa shape index (κ3) is 2.67. The molecule has 2 aromatic rings. The molecule has 0 amide bonds. The van der Waals surface area contributed by atoms with Crippen LogP contribution >= 0.6 is 11.3 Å². The highest BCUT2D eigenvalue weighted by atomic mass is 32.1. The second-order valence-electron chi connectivity index (χ2n) is 3.30. The zero-order valence-electron chi connectivity index (χ0n) is 8.69. The Morgan fingerprint density at radius 2 is 2.47 bits per heavy atom. The lowest BCUT2D eigenvalue weighted by Crippen LogP contribution is -2.13. The summed E-state index contributed by atoms with van der Waals surface area (Å²) in [4.78, 5) is 4.49. The second kappa shape index (κ2) is 5.09. The van der Waals surface area contributed by atoms with Crippen molar-refractivity contribution in [1.82, 2.24) is 10.3 Å². The van der Waals surface area contributed by atoms with Gasteiger partial charge in [-0.15, -0.1) is 11.3 Å². The third-order valence-corrected chi connectivity index (χ3v) is 2.92. The maximum Gasteiger partial charge on any atom is 0.162 e. The monoisotopic (exact) mass is 222 g/mol. The molecule has 0 bridgehead atoms. The molecular weight excluding hydrogens is 208 g/mol. The predicted molar refractivity (Wildman–Crippen MR) is 61.8 cm³/mol. The fourth-order valence-corrected chi connectivity index (χ4v) is 2.08. The molecule has 0 atom stereocenters. The van der Waals surface area contributed by atoms with Gasteiger partial charge in [0.2, 0.25) is 0 Å². The van der Waals surface area contributed by atoms with Gasteiger partial charge in [-0.1, -0.05) is 6.92 Å². The van der Waals surface area contributed by atoms with Gasteiger partial charge in [0.15, 0.2) is 10.8 Å². The number of nitrogens with one attached hydrogen (secondary N) is 1. The molecule has 15 heavy (non-hydrogen) atoms. The predicted octanol–water partition coefficient (Wildman–Crippen LogP) is 2.90. The molecular formula is C11H14N2OS. The van der Waals surface area contributed by atoms with Crippen molar-refractivity contribution in [3.05, 3.63) is 29.5 Å². The van der Waals surface area contributed by atoms with E-state index in [2.05, 4.69) is 22.6 Å². The van der Waals surface area contributed by atoms with E-state index in [1.807, 2.05) is 12.1 Å². The van der Waals surface area contributed by atoms with Gasteiger partial charge in [-0.3, -0.25) is 0 Å². The number of aromatic nitrogens is 1. The molecule has 0 fully saturated rings. The Morgan fingerprint density at radius 1 is 1.53 bits per heavy atom. The molecule has 3 nitrogen and oxygen atoms in total. The minimum absolute atomic E-state index is 0.838. The molecule has 0 spiro atoms. The van der Waals surface area contributed by atoms with Crippen LogP contribution in [0, 0.1) is 0 Å². The highest BCUT2D eigenvalue weighted by Gasteiger charge is 2.05. The smallest absolute Gasteiger partial charge is 0.162 e. The van der Waals surface area contributed by atoms with Crippen molar-refractivity contribution in [2.75, 3.05) is 6.54 Å². The first kappa shape index (κ1) is 10.4. The summed E-state index contributed by atoms with van der Waals surface area (Å²) < 4.78 is 5.29. The minimum atomic E-state index is 0.838. The fraction of sp³-hybridized carbons (Fsp3) is 0.364. The zero-order valence-corrected chi connectivity index (χ0v) is 9.51. The van der Waals surface area contributed by atoms with Crippen LogP contribution in [0.2, 0.25) is 0 Å². The summed E-state index contributed by atoms with van der Waals surface area (Å²) in [6.07, 6.45) is 2.82. The lowest BCUT2D eigenvalue weighted by atomic mass is 10.4. The minimum Gasteiger partial charge on any atom is -0.462 e. The number of rotatable bonds is 5. The molecule has 0 aliphatic heterocycles. The van der Waals surface area contributed by atoms with Crippen molar-refractivity contribution in [2.45, 2.75) is 19.9 Å². The van der Waals surface area contributed by atoms with Gasteiger partial charge in [-0.05, 0) is 25.1 Å². The highest BCUT2D eigenvalue weighted by molar-refractivity contribution is 7.13. The van der Waals surface area contributed by atoms with Crippen LogP contribution in [-0.2, 0) is 6.54 Å². The van der Waals surface area contributed by atoms with Crippen molar-refractivity contribution in [3.63, 3.8) is 0 Å². The van der Waals surface area contributed by atoms with Crippen molar-refractivity contribution < 1.29 is 4.42 Å². The second-order valence-corrected chi connectivity index (χ2v) is 4.16. The molecule has 0 radical (unpaired) electrons. The standard InChI is InChI=1S/C11H14N2OS/c1-2-5-12-7-9-8-15-11(13-9)10-4-3-6-14-10/h3-4,6,8,12H,2,5,7H2,1H3. The number of furan rings is 1. The van der Waals surface area contributed by atoms with Crippen LogP contribution in [0.3, 0.4) is 0 Å². The first-order valence-corrected chi connectivity index (χ1v) is 5.97. The first-order chi connectivity index (χ1) is 7.40. The van der Waals surface area contributed by atoms with Crippen LogP contribution in [0.5, 0.6) is 0 Å². The van der Waals surface area contributed by atoms with Gasteiger partial charge in [0.25, 0.3) is 0 Å². The van der Waals surface area contributed by atoms with E-state index >= 15 is 0 Å². The SMILES string of the molecule is CCCNCc1csc(-c2ccco2)n1. The first-order valence-electron chi connectivity index (χ1n) is 5.09. The Bertz CT molecular complexity index is 394. The number of hydrogen-bond donors (Lipinski definition) is 1. The molecule has 1 N–H and O–H groups in total. The van der Waals surface area contributed by atoms with Gasteiger partial charge in [0, 0.05) is 11.9 Å². The topological polar surface area (TPSA) is 38.1 Å². The summed E-state index contributed by atoms with van der Waals surface area (Å²) in [6.45, 7) is 4.03. The lowest BCUT2D eigenvalue weighted by Gasteiger charge is -1.97. The fourth-order valence-electron chi connectivity index (χ4n) is 1.29. The van der Waals surface area contributed by atoms with Crippen molar-refractivity contribution >= 4 is 11.3 Å². The Kier molecular flexibility index (Phi) is 3.53. The summed E-state index contributed by atoms with van der Waals surface area (Å²) in [5.41, 5.74) is 1.08. The Balaban J connectivity index is 1.98. The van der Waals surface area contributed by atoms with E-state index in [0.29, 0.717) is 0 Å². The summed E-state index contributed by atoms with van der Waals surface area (Å²) in [7, 11) is 0. The van der Waals surface area contributed by atoms with Crippen molar-refractivity contribution in [2.24, 2.45) is 0 Å². The Morgan fingerprint density at radius 3 is 3.20 bits per heavy atom. The summed E-state index contributed by atoms with van der Waals surface area (Å²) in [6, 6.07) is 3.81. The van der Waals surface area contributed by atoms with Crippen LogP contribution in [-0.4, -0.2) is 11.5 Å². The van der Waals surface area contributed by atoms with E-state index in [1.54, 1.807) is 17.6 Å². The van der Waals surface area contributed by atoms with Gasteiger partial charge in [0.1, 0.15) is 0 Å². The number of nitrogens with zero attached hydrogens (tertiary/aromatic N) is 1. The zero-order chi connectivity index (χ0) is 10.5. The molecule has 0 saturated carbocycles. The van der Waals surface area contributed by atoms with Crippen LogP contribution in [0.1, 0.15) is 19.0 Å². The Hall–Kier alpha value is -1.13. The van der Waals surface area contributed by atoms with E-state index in [1.165, 1.54) is 0 Å². The van der Waals surface area contributed by atoms with Crippen LogP contribution < -0.4 is 5.32 Å². The van der Waals surface area contributed by atoms with Gasteiger partial charge >= 0.3 is 0 Å². The van der Waals surface area contributed by atoms with E-state index in [0.717, 1.165) is 36.0 Å². The molecule has 0 aliphatic rings. The molecule has 2 aromatic heterocycles. The molecule has 80 valence electrons. The van der Waals surface area contributed by atoms with Crippen LogP contribution in [0.4, 0.5) is 0 Å². The van der Waals surface area contributed by atoms with E-state index < -0.39 is 0 Å². The molecule has 0 unspecified atom stereocenters. The van der Waals surface area contributed by atoms with E-state index in [9.17, 15) is 0 Å². The number of thiazole rings is 1. The molecule has 2 heterocycles. The molecule has 0 aromatic carbocycles. The van der Waals surface area contributed by atoms with Crippen LogP contribution in [0.25, 0.3) is 10.8 Å². The van der Waals surface area contributed by atoms with Gasteiger partial charge < -0.3 is 9.73 Å². The van der Waals surface area contributed by atoms with Crippen molar-refractivity contribution in [3.8, 4) is 10.8 Å². The van der Waals surface area contributed by atoms with Gasteiger partial charge in [-0.25, -0.2) is 4.98 Å². The van der Waals surface area contributed by atoms with E-state index in [-0.39, 0.29) is 0 Å². The third-order valence-electron chi connectivity index (χ3n) is 2.02. The van der Waals surface area contributed by atoms with Gasteiger partial charge in [0.05, 0.1) is 12.0 Å². The van der Waals surface area contributed by atoms with Crippen molar-refractivity contribution in [1.29, 1.82) is 0 Å². The maximum absolute atomic E-state index is 5.29. The summed E-state index contributed by atoms with van der Waals surface area (Å²) >= 11 is 1.62. The summed E-state index contributed by atoms with van der Waals surface area (Å²) in [5.74, 6) is 0.849. The van der Waals surface area contributed by atoms with Crippen LogP contribution in [0.15, 0.2) is 28.2 Å². The largest absolute Gasteiger partial charge is 0.462 e. The van der Waals surface area contributed by atoms with E-state index in [4.69, 9.17) is 4.42 Å². The lowest BCUT2D eigenvalue weighted by molar-refractivity contribution is 0.581. The number of hydrogen-bond acceptors (Lipinski definition) is 4. The van der Waals surface area contributed by atoms with Gasteiger partial charge in [-0.2, -0.15) is 0 Å². The summed E-state index contributed by atoms with van der Waals surface area (Å²) in [5, 5.41) is 6.35. The average Bonchev–Trinajstić information content (AvgIpc) is 2.87. The molecule has 2 rings (SSSR count). The maximum atomic E-state index is 5.29. The molecule has 0 saturated heterocycles. The normalized spacial score (nSPS) is 10.7. The average molecular weight is 222 g/mol. The molecule has 4 heteroatoms. The quantitative estimate of drug-likeness (QED) is 0.790. The highest BCUT2D eigenvalue weighted by Crippen LogP contribution is 2.23. The Labute approximate surface area is 93.2 Å². The molecule has 0 aliphatic carbocycles.